The molecule has 0 unspecified atom stereocenters. The topological polar surface area (TPSA) is 80.3 Å². The summed E-state index contributed by atoms with van der Waals surface area (Å²) >= 11 is 0. The van der Waals surface area contributed by atoms with Gasteiger partial charge in [0.15, 0.2) is 0 Å². The number of nitrogens with one attached hydrogen (secondary N) is 2. The average Bonchev–Trinajstić information content (AvgIpc) is 2.56. The van der Waals surface area contributed by atoms with E-state index in [9.17, 15) is 9.59 Å². The van der Waals surface area contributed by atoms with Crippen LogP contribution in [-0.4, -0.2) is 37.1 Å². The summed E-state index contributed by atoms with van der Waals surface area (Å²) in [5, 5.41) is 5.42. The van der Waals surface area contributed by atoms with E-state index in [2.05, 4.69) is 15.6 Å². The SMILES string of the molecule is COCCNC(=O)c1cc(C(=O)Nc2ccccc2)ccn1. The van der Waals surface area contributed by atoms with Crippen LogP contribution in [0.5, 0.6) is 0 Å². The predicted octanol–water partition coefficient (Wildman–Crippen LogP) is 1.71. The van der Waals surface area contributed by atoms with Gasteiger partial charge in [-0.15, -0.1) is 0 Å². The number of pyridine rings is 1. The van der Waals surface area contributed by atoms with Gasteiger partial charge in [0.1, 0.15) is 5.69 Å². The molecule has 114 valence electrons. The molecular formula is C16H17N3O3. The van der Waals surface area contributed by atoms with Crippen molar-refractivity contribution in [3.05, 3.63) is 59.9 Å². The zero-order valence-electron chi connectivity index (χ0n) is 12.2. The molecule has 0 fully saturated rings. The van der Waals surface area contributed by atoms with Gasteiger partial charge in [0.2, 0.25) is 0 Å². The largest absolute Gasteiger partial charge is 0.383 e. The first-order chi connectivity index (χ1) is 10.7. The minimum Gasteiger partial charge on any atom is -0.383 e. The van der Waals surface area contributed by atoms with Gasteiger partial charge in [-0.05, 0) is 24.3 Å². The summed E-state index contributed by atoms with van der Waals surface area (Å²) in [6.45, 7) is 0.803. The number of hydrogen-bond acceptors (Lipinski definition) is 4. The zero-order chi connectivity index (χ0) is 15.8. The molecule has 1 heterocycles. The van der Waals surface area contributed by atoms with Gasteiger partial charge in [0.25, 0.3) is 11.8 Å². The number of hydrogen-bond donors (Lipinski definition) is 2. The van der Waals surface area contributed by atoms with E-state index in [1.54, 1.807) is 25.3 Å². The first-order valence-corrected chi connectivity index (χ1v) is 6.80. The van der Waals surface area contributed by atoms with E-state index in [0.29, 0.717) is 24.4 Å². The van der Waals surface area contributed by atoms with Gasteiger partial charge >= 0.3 is 0 Å². The van der Waals surface area contributed by atoms with Crippen LogP contribution in [0.2, 0.25) is 0 Å². The highest BCUT2D eigenvalue weighted by Gasteiger charge is 2.11. The number of ether oxygens (including phenoxy) is 1. The molecule has 0 saturated heterocycles. The third-order valence-electron chi connectivity index (χ3n) is 2.88. The van der Waals surface area contributed by atoms with Gasteiger partial charge < -0.3 is 15.4 Å². The van der Waals surface area contributed by atoms with Crippen LogP contribution in [0.15, 0.2) is 48.7 Å². The first kappa shape index (κ1) is 15.7. The Hall–Kier alpha value is -2.73. The van der Waals surface area contributed by atoms with Gasteiger partial charge in [0, 0.05) is 31.1 Å². The summed E-state index contributed by atoms with van der Waals surface area (Å²) in [7, 11) is 1.55. The maximum atomic E-state index is 12.2. The fraction of sp³-hybridized carbons (Fsp3) is 0.188. The van der Waals surface area contributed by atoms with Crippen LogP contribution in [0.1, 0.15) is 20.8 Å². The minimum atomic E-state index is -0.341. The van der Waals surface area contributed by atoms with Crippen LogP contribution in [0.3, 0.4) is 0 Å². The van der Waals surface area contributed by atoms with Crippen molar-refractivity contribution < 1.29 is 14.3 Å². The molecule has 1 aromatic heterocycles. The third kappa shape index (κ3) is 4.39. The quantitative estimate of drug-likeness (QED) is 0.796. The summed E-state index contributed by atoms with van der Waals surface area (Å²) in [5.41, 5.74) is 1.25. The smallest absolute Gasteiger partial charge is 0.269 e. The molecule has 2 rings (SSSR count). The Morgan fingerprint density at radius 3 is 2.64 bits per heavy atom. The number of rotatable bonds is 6. The van der Waals surface area contributed by atoms with Crippen LogP contribution < -0.4 is 10.6 Å². The number of anilines is 1. The molecular weight excluding hydrogens is 282 g/mol. The lowest BCUT2D eigenvalue weighted by atomic mass is 10.2. The molecule has 0 saturated carbocycles. The fourth-order valence-electron chi connectivity index (χ4n) is 1.78. The van der Waals surface area contributed by atoms with E-state index >= 15 is 0 Å². The Balaban J connectivity index is 2.04. The molecule has 1 aromatic carbocycles. The molecule has 0 radical (unpaired) electrons. The molecule has 0 aliphatic heterocycles. The molecule has 6 nitrogen and oxygen atoms in total. The second-order valence-corrected chi connectivity index (χ2v) is 4.50. The van der Waals surface area contributed by atoms with Crippen molar-refractivity contribution in [2.75, 3.05) is 25.6 Å². The molecule has 0 bridgehead atoms. The van der Waals surface area contributed by atoms with Crippen LogP contribution in [0.25, 0.3) is 0 Å². The summed E-state index contributed by atoms with van der Waals surface area (Å²) in [4.78, 5) is 28.0. The Morgan fingerprint density at radius 2 is 1.91 bits per heavy atom. The molecule has 0 aliphatic rings. The average molecular weight is 299 g/mol. The van der Waals surface area contributed by atoms with Crippen LogP contribution in [-0.2, 0) is 4.74 Å². The Morgan fingerprint density at radius 1 is 1.14 bits per heavy atom. The highest BCUT2D eigenvalue weighted by atomic mass is 16.5. The number of benzene rings is 1. The lowest BCUT2D eigenvalue weighted by Gasteiger charge is -2.07. The number of para-hydroxylation sites is 1. The molecule has 0 spiro atoms. The highest BCUT2D eigenvalue weighted by Crippen LogP contribution is 2.09. The standard InChI is InChI=1S/C16H17N3O3/c1-22-10-9-18-16(21)14-11-12(7-8-17-14)15(20)19-13-5-3-2-4-6-13/h2-8,11H,9-10H2,1H3,(H,18,21)(H,19,20). The van der Waals surface area contributed by atoms with Crippen molar-refractivity contribution in [3.8, 4) is 0 Å². The number of methoxy groups -OCH3 is 1. The molecule has 22 heavy (non-hydrogen) atoms. The van der Waals surface area contributed by atoms with E-state index in [4.69, 9.17) is 4.74 Å². The molecule has 0 aliphatic carbocycles. The van der Waals surface area contributed by atoms with Crippen molar-refractivity contribution in [2.45, 2.75) is 0 Å². The van der Waals surface area contributed by atoms with Crippen LogP contribution in [0.4, 0.5) is 5.69 Å². The van der Waals surface area contributed by atoms with Crippen molar-refractivity contribution in [3.63, 3.8) is 0 Å². The normalized spacial score (nSPS) is 10.0. The van der Waals surface area contributed by atoms with Gasteiger partial charge in [-0.2, -0.15) is 0 Å². The maximum absolute atomic E-state index is 12.2. The van der Waals surface area contributed by atoms with Crippen molar-refractivity contribution in [1.29, 1.82) is 0 Å². The molecule has 2 N–H and O–H groups in total. The molecule has 0 atom stereocenters. The molecule has 2 amide bonds. The summed E-state index contributed by atoms with van der Waals surface area (Å²) in [6, 6.07) is 12.1. The molecule has 6 heteroatoms. The number of carbonyl (C=O) groups excluding carboxylic acids is 2. The summed E-state index contributed by atoms with van der Waals surface area (Å²) < 4.78 is 4.86. The van der Waals surface area contributed by atoms with E-state index in [0.717, 1.165) is 0 Å². The molecule has 2 aromatic rings. The third-order valence-corrected chi connectivity index (χ3v) is 2.88. The summed E-state index contributed by atoms with van der Waals surface area (Å²) in [6.07, 6.45) is 1.44. The van der Waals surface area contributed by atoms with Crippen molar-refractivity contribution in [2.24, 2.45) is 0 Å². The van der Waals surface area contributed by atoms with Crippen LogP contribution >= 0.6 is 0 Å². The second-order valence-electron chi connectivity index (χ2n) is 4.50. The maximum Gasteiger partial charge on any atom is 0.269 e. The number of carbonyl (C=O) groups is 2. The highest BCUT2D eigenvalue weighted by molar-refractivity contribution is 6.05. The van der Waals surface area contributed by atoms with Gasteiger partial charge in [-0.3, -0.25) is 14.6 Å². The van der Waals surface area contributed by atoms with Crippen molar-refractivity contribution in [1.82, 2.24) is 10.3 Å². The summed E-state index contributed by atoms with van der Waals surface area (Å²) in [5.74, 6) is -0.633. The first-order valence-electron chi connectivity index (χ1n) is 6.80. The predicted molar refractivity (Wildman–Crippen MR) is 82.8 cm³/mol. The Bertz CT molecular complexity index is 644. The van der Waals surface area contributed by atoms with Gasteiger partial charge in [0.05, 0.1) is 6.61 Å². The monoisotopic (exact) mass is 299 g/mol. The number of nitrogens with zero attached hydrogens (tertiary/aromatic N) is 1. The van der Waals surface area contributed by atoms with E-state index < -0.39 is 0 Å². The Labute approximate surface area is 128 Å². The lowest BCUT2D eigenvalue weighted by molar-refractivity contribution is 0.0932. The zero-order valence-corrected chi connectivity index (χ0v) is 12.2. The minimum absolute atomic E-state index is 0.191. The van der Waals surface area contributed by atoms with Gasteiger partial charge in [-0.1, -0.05) is 18.2 Å². The van der Waals surface area contributed by atoms with E-state index in [1.165, 1.54) is 12.3 Å². The van der Waals surface area contributed by atoms with Gasteiger partial charge in [-0.25, -0.2) is 0 Å². The lowest BCUT2D eigenvalue weighted by Crippen LogP contribution is -2.28. The van der Waals surface area contributed by atoms with Crippen LogP contribution in [0, 0.1) is 0 Å². The fourth-order valence-corrected chi connectivity index (χ4v) is 1.78. The second kappa shape index (κ2) is 7.90. The van der Waals surface area contributed by atoms with E-state index in [-0.39, 0.29) is 17.5 Å². The number of aromatic nitrogens is 1. The van der Waals surface area contributed by atoms with E-state index in [1.807, 2.05) is 18.2 Å². The Kier molecular flexibility index (Phi) is 5.62. The number of amides is 2. The van der Waals surface area contributed by atoms with Crippen molar-refractivity contribution >= 4 is 17.5 Å².